The van der Waals surface area contributed by atoms with E-state index >= 15 is 0 Å². The molecule has 0 aliphatic carbocycles. The summed E-state index contributed by atoms with van der Waals surface area (Å²) in [4.78, 5) is 27.7. The molecule has 1 N–H and O–H groups in total. The highest BCUT2D eigenvalue weighted by Crippen LogP contribution is 2.25. The Balaban J connectivity index is 2.06. The van der Waals surface area contributed by atoms with Gasteiger partial charge in [0.15, 0.2) is 0 Å². The highest BCUT2D eigenvalue weighted by molar-refractivity contribution is 6.34. The summed E-state index contributed by atoms with van der Waals surface area (Å²) in [6.07, 6.45) is 3.25. The van der Waals surface area contributed by atoms with E-state index in [4.69, 9.17) is 11.6 Å². The summed E-state index contributed by atoms with van der Waals surface area (Å²) >= 11 is 6.29. The van der Waals surface area contributed by atoms with E-state index in [-0.39, 0.29) is 24.4 Å². The quantitative estimate of drug-likeness (QED) is 0.919. The summed E-state index contributed by atoms with van der Waals surface area (Å²) in [5.41, 5.74) is 1.25. The number of halogens is 1. The molecule has 1 aliphatic rings. The van der Waals surface area contributed by atoms with Crippen LogP contribution in [0.3, 0.4) is 0 Å². The van der Waals surface area contributed by atoms with Crippen LogP contribution < -0.4 is 5.32 Å². The first kappa shape index (κ1) is 17.6. The molecule has 1 aliphatic heterocycles. The Labute approximate surface area is 142 Å². The van der Waals surface area contributed by atoms with Crippen LogP contribution in [0.1, 0.15) is 36.5 Å². The van der Waals surface area contributed by atoms with Crippen molar-refractivity contribution in [3.05, 3.63) is 28.8 Å². The number of amides is 2. The van der Waals surface area contributed by atoms with Gasteiger partial charge in [-0.1, -0.05) is 11.6 Å². The fraction of sp³-hybridized carbons (Fsp3) is 0.529. The van der Waals surface area contributed by atoms with Gasteiger partial charge < -0.3 is 15.1 Å². The number of likely N-dealkylation sites (tertiary alicyclic amines) is 1. The van der Waals surface area contributed by atoms with E-state index in [1.807, 2.05) is 4.90 Å². The monoisotopic (exact) mass is 337 g/mol. The molecule has 1 aromatic carbocycles. The fourth-order valence-corrected chi connectivity index (χ4v) is 2.95. The Kier molecular flexibility index (Phi) is 5.88. The van der Waals surface area contributed by atoms with E-state index in [1.54, 1.807) is 32.3 Å². The second kappa shape index (κ2) is 7.68. The predicted octanol–water partition coefficient (Wildman–Crippen LogP) is 2.85. The van der Waals surface area contributed by atoms with Crippen LogP contribution in [0.2, 0.25) is 5.02 Å². The molecule has 1 heterocycles. The van der Waals surface area contributed by atoms with Crippen molar-refractivity contribution in [2.75, 3.05) is 32.5 Å². The lowest BCUT2D eigenvalue weighted by Crippen LogP contribution is -2.42. The van der Waals surface area contributed by atoms with Gasteiger partial charge in [-0.25, -0.2) is 0 Å². The number of hydrogen-bond donors (Lipinski definition) is 1. The highest BCUT2D eigenvalue weighted by atomic mass is 35.5. The van der Waals surface area contributed by atoms with Crippen molar-refractivity contribution in [3.8, 4) is 0 Å². The first-order valence-corrected chi connectivity index (χ1v) is 8.32. The minimum absolute atomic E-state index is 0.0156. The minimum atomic E-state index is -0.0246. The van der Waals surface area contributed by atoms with Gasteiger partial charge in [0.1, 0.15) is 0 Å². The minimum Gasteiger partial charge on any atom is -0.376 e. The average molecular weight is 338 g/mol. The first-order chi connectivity index (χ1) is 10.9. The number of hydrogen-bond acceptors (Lipinski definition) is 3. The Bertz CT molecular complexity index is 589. The van der Waals surface area contributed by atoms with Gasteiger partial charge in [-0.2, -0.15) is 0 Å². The lowest BCUT2D eigenvalue weighted by atomic mass is 10.0. The number of nitrogens with one attached hydrogen (secondary N) is 1. The third kappa shape index (κ3) is 4.38. The van der Waals surface area contributed by atoms with Crippen LogP contribution in [-0.4, -0.2) is 54.8 Å². The number of rotatable bonds is 4. The Hall–Kier alpha value is -1.75. The molecule has 5 nitrogen and oxygen atoms in total. The van der Waals surface area contributed by atoms with Crippen molar-refractivity contribution in [1.29, 1.82) is 0 Å². The highest BCUT2D eigenvalue weighted by Gasteiger charge is 2.25. The maximum atomic E-state index is 12.7. The summed E-state index contributed by atoms with van der Waals surface area (Å²) in [5.74, 6) is -0.0402. The summed E-state index contributed by atoms with van der Waals surface area (Å²) in [6, 6.07) is 5.47. The Morgan fingerprint density at radius 1 is 1.35 bits per heavy atom. The third-order valence-corrected chi connectivity index (χ3v) is 4.52. The van der Waals surface area contributed by atoms with E-state index in [1.165, 1.54) is 11.3 Å². The molecule has 0 unspecified atom stereocenters. The van der Waals surface area contributed by atoms with Crippen LogP contribution in [0.25, 0.3) is 0 Å². The van der Waals surface area contributed by atoms with Crippen molar-refractivity contribution < 1.29 is 9.59 Å². The van der Waals surface area contributed by atoms with Gasteiger partial charge in [0, 0.05) is 32.4 Å². The number of carbonyl (C=O) groups excluding carboxylic acids is 2. The first-order valence-electron chi connectivity index (χ1n) is 7.94. The van der Waals surface area contributed by atoms with Crippen LogP contribution in [0.15, 0.2) is 18.2 Å². The summed E-state index contributed by atoms with van der Waals surface area (Å²) < 4.78 is 0. The molecule has 1 fully saturated rings. The van der Waals surface area contributed by atoms with E-state index < -0.39 is 0 Å². The number of anilines is 1. The SMILES string of the molecule is C[C@H]1CCCCN1C(=O)c1ccc(NCC(=O)N(C)C)cc1Cl. The molecule has 0 bridgehead atoms. The Morgan fingerprint density at radius 3 is 2.70 bits per heavy atom. The summed E-state index contributed by atoms with van der Waals surface area (Å²) in [6.45, 7) is 3.06. The van der Waals surface area contributed by atoms with Crippen molar-refractivity contribution in [3.63, 3.8) is 0 Å². The van der Waals surface area contributed by atoms with Gasteiger partial charge in [0.2, 0.25) is 5.91 Å². The van der Waals surface area contributed by atoms with Gasteiger partial charge in [-0.15, -0.1) is 0 Å². The lowest BCUT2D eigenvalue weighted by molar-refractivity contribution is -0.126. The number of carbonyl (C=O) groups is 2. The molecule has 0 spiro atoms. The van der Waals surface area contributed by atoms with Gasteiger partial charge in [-0.3, -0.25) is 9.59 Å². The second-order valence-electron chi connectivity index (χ2n) is 6.18. The molecular formula is C17H24ClN3O2. The van der Waals surface area contributed by atoms with Crippen molar-refractivity contribution in [2.24, 2.45) is 0 Å². The van der Waals surface area contributed by atoms with Crippen LogP contribution >= 0.6 is 11.6 Å². The third-order valence-electron chi connectivity index (χ3n) is 4.21. The Morgan fingerprint density at radius 2 is 2.09 bits per heavy atom. The molecule has 6 heteroatoms. The average Bonchev–Trinajstić information content (AvgIpc) is 2.52. The second-order valence-corrected chi connectivity index (χ2v) is 6.59. The number of nitrogens with zero attached hydrogens (tertiary/aromatic N) is 2. The van der Waals surface area contributed by atoms with Crippen molar-refractivity contribution in [2.45, 2.75) is 32.2 Å². The molecule has 0 saturated carbocycles. The zero-order valence-corrected chi connectivity index (χ0v) is 14.7. The van der Waals surface area contributed by atoms with Gasteiger partial charge in [0.05, 0.1) is 17.1 Å². The molecular weight excluding hydrogens is 314 g/mol. The van der Waals surface area contributed by atoms with Gasteiger partial charge >= 0.3 is 0 Å². The zero-order chi connectivity index (χ0) is 17.0. The van der Waals surface area contributed by atoms with E-state index in [0.29, 0.717) is 10.6 Å². The van der Waals surface area contributed by atoms with Crippen molar-refractivity contribution in [1.82, 2.24) is 9.80 Å². The molecule has 126 valence electrons. The number of likely N-dealkylation sites (N-methyl/N-ethyl adjacent to an activating group) is 1. The lowest BCUT2D eigenvalue weighted by Gasteiger charge is -2.33. The smallest absolute Gasteiger partial charge is 0.255 e. The fourth-order valence-electron chi connectivity index (χ4n) is 2.69. The molecule has 1 saturated heterocycles. The van der Waals surface area contributed by atoms with E-state index in [9.17, 15) is 9.59 Å². The van der Waals surface area contributed by atoms with E-state index in [0.717, 1.165) is 25.1 Å². The molecule has 0 radical (unpaired) electrons. The van der Waals surface area contributed by atoms with E-state index in [2.05, 4.69) is 12.2 Å². The predicted molar refractivity (Wildman–Crippen MR) is 93.0 cm³/mol. The van der Waals surface area contributed by atoms with Gasteiger partial charge in [-0.05, 0) is 44.4 Å². The van der Waals surface area contributed by atoms with Crippen LogP contribution in [0, 0.1) is 0 Å². The molecule has 1 aromatic rings. The van der Waals surface area contributed by atoms with Crippen molar-refractivity contribution >= 4 is 29.1 Å². The topological polar surface area (TPSA) is 52.7 Å². The standard InChI is InChI=1S/C17H24ClN3O2/c1-12-6-4-5-9-21(12)17(23)14-8-7-13(10-15(14)18)19-11-16(22)20(2)3/h7-8,10,12,19H,4-6,9,11H2,1-3H3/t12-/m0/s1. The number of benzene rings is 1. The number of piperidine rings is 1. The molecule has 2 rings (SSSR count). The maximum absolute atomic E-state index is 12.7. The molecule has 2 amide bonds. The largest absolute Gasteiger partial charge is 0.376 e. The molecule has 23 heavy (non-hydrogen) atoms. The summed E-state index contributed by atoms with van der Waals surface area (Å²) in [7, 11) is 3.41. The van der Waals surface area contributed by atoms with Gasteiger partial charge in [0.25, 0.3) is 5.91 Å². The van der Waals surface area contributed by atoms with Crippen LogP contribution in [0.5, 0.6) is 0 Å². The summed E-state index contributed by atoms with van der Waals surface area (Å²) in [5, 5.41) is 3.43. The van der Waals surface area contributed by atoms with Crippen LogP contribution in [0.4, 0.5) is 5.69 Å². The zero-order valence-electron chi connectivity index (χ0n) is 13.9. The molecule has 1 atom stereocenters. The maximum Gasteiger partial charge on any atom is 0.255 e. The van der Waals surface area contributed by atoms with Crippen LogP contribution in [-0.2, 0) is 4.79 Å². The molecule has 0 aromatic heterocycles. The normalized spacial score (nSPS) is 17.7.